The lowest BCUT2D eigenvalue weighted by Gasteiger charge is -2.21. The molecule has 0 heterocycles. The molecule has 0 fully saturated rings. The zero-order chi connectivity index (χ0) is 18.1. The molecule has 25 heavy (non-hydrogen) atoms. The van der Waals surface area contributed by atoms with E-state index in [-0.39, 0.29) is 28.9 Å². The van der Waals surface area contributed by atoms with Gasteiger partial charge in [0.25, 0.3) is 0 Å². The first-order valence-corrected chi connectivity index (χ1v) is 7.97. The molecular weight excluding hydrogens is 316 g/mol. The van der Waals surface area contributed by atoms with E-state index in [0.29, 0.717) is 0 Å². The third-order valence-corrected chi connectivity index (χ3v) is 4.44. The second-order valence-electron chi connectivity index (χ2n) is 6.27. The van der Waals surface area contributed by atoms with Crippen molar-refractivity contribution in [3.63, 3.8) is 0 Å². The molecule has 0 aliphatic rings. The molecule has 0 aliphatic heterocycles. The molecule has 0 saturated heterocycles. The second kappa shape index (κ2) is 6.40. The minimum atomic E-state index is -0.218. The summed E-state index contributed by atoms with van der Waals surface area (Å²) in [6.45, 7) is 3.65. The highest BCUT2D eigenvalue weighted by atomic mass is 16.3. The molecule has 0 aliphatic carbocycles. The van der Waals surface area contributed by atoms with Crippen LogP contribution in [0.15, 0.2) is 54.6 Å². The minimum absolute atomic E-state index is 0.175. The Balaban J connectivity index is 2.21. The Morgan fingerprint density at radius 3 is 1.32 bits per heavy atom. The summed E-state index contributed by atoms with van der Waals surface area (Å²) in [6.07, 6.45) is 0. The lowest BCUT2D eigenvalue weighted by atomic mass is 9.83. The van der Waals surface area contributed by atoms with Gasteiger partial charge in [-0.2, -0.15) is 0 Å². The van der Waals surface area contributed by atoms with Crippen LogP contribution in [0.4, 0.5) is 0 Å². The van der Waals surface area contributed by atoms with Gasteiger partial charge in [0.2, 0.25) is 0 Å². The molecule has 0 bridgehead atoms. The van der Waals surface area contributed by atoms with E-state index in [2.05, 4.69) is 0 Å². The number of phenols is 4. The fraction of sp³-hybridized carbons (Fsp3) is 0.143. The third kappa shape index (κ3) is 3.24. The number of aryl methyl sites for hydroxylation is 2. The summed E-state index contributed by atoms with van der Waals surface area (Å²) in [5.41, 5.74) is 4.17. The molecule has 4 heteroatoms. The van der Waals surface area contributed by atoms with Crippen molar-refractivity contribution < 1.29 is 20.4 Å². The molecule has 0 atom stereocenters. The molecule has 3 aromatic rings. The number of aromatic hydroxyl groups is 4. The zero-order valence-electron chi connectivity index (χ0n) is 14.1. The highest BCUT2D eigenvalue weighted by molar-refractivity contribution is 5.52. The van der Waals surface area contributed by atoms with Crippen molar-refractivity contribution >= 4 is 0 Å². The van der Waals surface area contributed by atoms with E-state index in [4.69, 9.17) is 0 Å². The maximum Gasteiger partial charge on any atom is 0.157 e. The van der Waals surface area contributed by atoms with Gasteiger partial charge < -0.3 is 20.4 Å². The van der Waals surface area contributed by atoms with Gasteiger partial charge >= 0.3 is 0 Å². The Labute approximate surface area is 146 Å². The van der Waals surface area contributed by atoms with Crippen LogP contribution in [-0.2, 0) is 0 Å². The van der Waals surface area contributed by atoms with Gasteiger partial charge in [0.05, 0.1) is 0 Å². The Kier molecular flexibility index (Phi) is 4.28. The van der Waals surface area contributed by atoms with Crippen LogP contribution in [0.5, 0.6) is 23.0 Å². The standard InChI is InChI=1S/C21H20O4/c1-12-9-14(3-6-17(12)22)21(15-4-7-18(23)13(2)10-15)16-5-8-19(24)20(25)11-16/h3-11,21-25H,1-2H3. The number of hydrogen-bond donors (Lipinski definition) is 4. The van der Waals surface area contributed by atoms with Gasteiger partial charge in [0.1, 0.15) is 11.5 Å². The molecule has 3 rings (SSSR count). The van der Waals surface area contributed by atoms with Crippen LogP contribution in [0.2, 0.25) is 0 Å². The van der Waals surface area contributed by atoms with E-state index >= 15 is 0 Å². The summed E-state index contributed by atoms with van der Waals surface area (Å²) in [5, 5.41) is 39.2. The number of hydrogen-bond acceptors (Lipinski definition) is 4. The molecule has 3 aromatic carbocycles. The fourth-order valence-electron chi connectivity index (χ4n) is 3.01. The van der Waals surface area contributed by atoms with Gasteiger partial charge in [-0.15, -0.1) is 0 Å². The Hall–Kier alpha value is -3.14. The predicted octanol–water partition coefficient (Wildman–Crippen LogP) is 4.31. The molecule has 0 radical (unpaired) electrons. The smallest absolute Gasteiger partial charge is 0.157 e. The third-order valence-electron chi connectivity index (χ3n) is 4.44. The van der Waals surface area contributed by atoms with E-state index in [1.165, 1.54) is 12.1 Å². The summed E-state index contributed by atoms with van der Waals surface area (Å²) in [6, 6.07) is 15.5. The Morgan fingerprint density at radius 2 is 0.920 bits per heavy atom. The van der Waals surface area contributed by atoms with Crippen LogP contribution >= 0.6 is 0 Å². The first-order chi connectivity index (χ1) is 11.9. The molecule has 4 nitrogen and oxygen atoms in total. The van der Waals surface area contributed by atoms with Crippen LogP contribution in [-0.4, -0.2) is 20.4 Å². The molecule has 4 N–H and O–H groups in total. The predicted molar refractivity (Wildman–Crippen MR) is 96.4 cm³/mol. The van der Waals surface area contributed by atoms with Gasteiger partial charge in [-0.1, -0.05) is 30.3 Å². The Morgan fingerprint density at radius 1 is 0.520 bits per heavy atom. The van der Waals surface area contributed by atoms with Gasteiger partial charge in [0, 0.05) is 5.92 Å². The number of benzene rings is 3. The van der Waals surface area contributed by atoms with Crippen LogP contribution in [0, 0.1) is 13.8 Å². The van der Waals surface area contributed by atoms with Gasteiger partial charge in [-0.3, -0.25) is 0 Å². The summed E-state index contributed by atoms with van der Waals surface area (Å²) >= 11 is 0. The van der Waals surface area contributed by atoms with Crippen molar-refractivity contribution in [2.45, 2.75) is 19.8 Å². The van der Waals surface area contributed by atoms with Crippen LogP contribution in [0.1, 0.15) is 33.7 Å². The lowest BCUT2D eigenvalue weighted by molar-refractivity contribution is 0.403. The van der Waals surface area contributed by atoms with Crippen LogP contribution < -0.4 is 0 Å². The SMILES string of the molecule is Cc1cc(C(c2ccc(O)c(C)c2)c2ccc(O)c(O)c2)ccc1O. The Bertz CT molecular complexity index is 809. The van der Waals surface area contributed by atoms with E-state index in [9.17, 15) is 20.4 Å². The van der Waals surface area contributed by atoms with Crippen molar-refractivity contribution in [1.29, 1.82) is 0 Å². The monoisotopic (exact) mass is 336 g/mol. The van der Waals surface area contributed by atoms with Crippen LogP contribution in [0.25, 0.3) is 0 Å². The summed E-state index contributed by atoms with van der Waals surface area (Å²) < 4.78 is 0. The molecular formula is C21H20O4. The number of rotatable bonds is 3. The largest absolute Gasteiger partial charge is 0.508 e. The topological polar surface area (TPSA) is 80.9 Å². The van der Waals surface area contributed by atoms with Crippen molar-refractivity contribution in [3.05, 3.63) is 82.4 Å². The van der Waals surface area contributed by atoms with Crippen molar-refractivity contribution in [3.8, 4) is 23.0 Å². The average Bonchev–Trinajstić information content (AvgIpc) is 2.57. The second-order valence-corrected chi connectivity index (χ2v) is 6.27. The summed E-state index contributed by atoms with van der Waals surface area (Å²) in [4.78, 5) is 0. The molecule has 0 unspecified atom stereocenters. The maximum absolute atomic E-state index is 9.91. The minimum Gasteiger partial charge on any atom is -0.508 e. The van der Waals surface area contributed by atoms with Crippen LogP contribution in [0.3, 0.4) is 0 Å². The highest BCUT2D eigenvalue weighted by Crippen LogP contribution is 2.38. The van der Waals surface area contributed by atoms with Gasteiger partial charge in [-0.05, 0) is 65.9 Å². The normalized spacial score (nSPS) is 11.0. The molecule has 0 saturated carbocycles. The van der Waals surface area contributed by atoms with E-state index < -0.39 is 0 Å². The van der Waals surface area contributed by atoms with Crippen molar-refractivity contribution in [2.75, 3.05) is 0 Å². The highest BCUT2D eigenvalue weighted by Gasteiger charge is 2.19. The summed E-state index contributed by atoms with van der Waals surface area (Å²) in [7, 11) is 0. The summed E-state index contributed by atoms with van der Waals surface area (Å²) in [5.74, 6) is -0.138. The average molecular weight is 336 g/mol. The molecule has 128 valence electrons. The van der Waals surface area contributed by atoms with Crippen molar-refractivity contribution in [2.24, 2.45) is 0 Å². The van der Waals surface area contributed by atoms with Gasteiger partial charge in [-0.25, -0.2) is 0 Å². The quantitative estimate of drug-likeness (QED) is 0.424. The van der Waals surface area contributed by atoms with E-state index in [1.807, 2.05) is 38.1 Å². The van der Waals surface area contributed by atoms with Gasteiger partial charge in [0.15, 0.2) is 11.5 Å². The zero-order valence-corrected chi connectivity index (χ0v) is 14.1. The fourth-order valence-corrected chi connectivity index (χ4v) is 3.01. The first-order valence-electron chi connectivity index (χ1n) is 7.97. The van der Waals surface area contributed by atoms with Crippen molar-refractivity contribution in [1.82, 2.24) is 0 Å². The molecule has 0 amide bonds. The first kappa shape index (κ1) is 16.7. The molecule has 0 spiro atoms. The van der Waals surface area contributed by atoms with E-state index in [0.717, 1.165) is 27.8 Å². The molecule has 0 aromatic heterocycles. The number of phenolic OH excluding ortho intramolecular Hbond substituents is 4. The lowest BCUT2D eigenvalue weighted by Crippen LogP contribution is -2.04. The maximum atomic E-state index is 9.91. The van der Waals surface area contributed by atoms with E-state index in [1.54, 1.807) is 18.2 Å².